The van der Waals surface area contributed by atoms with Crippen molar-refractivity contribution < 1.29 is 14.3 Å². The molecule has 0 fully saturated rings. The Bertz CT molecular complexity index is 1150. The summed E-state index contributed by atoms with van der Waals surface area (Å²) in [5.74, 6) is 0.254. The standard InChI is InChI=1S/C23H22ClN5O3.C2H6/c1-29(2)21(25)14-4-6-15(7-5-14)22(30)27-19-10-9-17(32-3)12-18(19)23(31)28-20-11-8-16(24)13-26-20;1-2/h4-13,25H,1-3H3,(H,27,30)(H,26,28,31);1-2H3. The lowest BCUT2D eigenvalue weighted by molar-refractivity contribution is 0.102. The van der Waals surface area contributed by atoms with Crippen molar-refractivity contribution in [1.82, 2.24) is 9.88 Å². The lowest BCUT2D eigenvalue weighted by Gasteiger charge is -2.15. The first-order chi connectivity index (χ1) is 16.3. The molecule has 2 aromatic carbocycles. The summed E-state index contributed by atoms with van der Waals surface area (Å²) >= 11 is 5.83. The van der Waals surface area contributed by atoms with E-state index in [2.05, 4.69) is 15.6 Å². The van der Waals surface area contributed by atoms with Crippen molar-refractivity contribution >= 4 is 40.8 Å². The molecule has 0 unspecified atom stereocenters. The summed E-state index contributed by atoms with van der Waals surface area (Å²) in [4.78, 5) is 31.4. The molecule has 0 saturated carbocycles. The molecule has 1 aromatic heterocycles. The van der Waals surface area contributed by atoms with Crippen molar-refractivity contribution in [3.8, 4) is 5.75 Å². The average molecular weight is 482 g/mol. The van der Waals surface area contributed by atoms with Gasteiger partial charge in [0.25, 0.3) is 11.8 Å². The number of carbonyl (C=O) groups excluding carboxylic acids is 2. The van der Waals surface area contributed by atoms with Gasteiger partial charge in [0.05, 0.1) is 23.4 Å². The Hall–Kier alpha value is -3.91. The Kier molecular flexibility index (Phi) is 9.58. The van der Waals surface area contributed by atoms with Crippen LogP contribution in [0.3, 0.4) is 0 Å². The maximum atomic E-state index is 12.9. The minimum Gasteiger partial charge on any atom is -0.497 e. The van der Waals surface area contributed by atoms with Crippen LogP contribution in [0.25, 0.3) is 0 Å². The van der Waals surface area contributed by atoms with E-state index in [1.165, 1.54) is 19.4 Å². The van der Waals surface area contributed by atoms with Crippen LogP contribution in [0.15, 0.2) is 60.8 Å². The Morgan fingerprint density at radius 3 is 2.15 bits per heavy atom. The first kappa shape index (κ1) is 26.3. The van der Waals surface area contributed by atoms with Gasteiger partial charge in [-0.25, -0.2) is 4.98 Å². The maximum Gasteiger partial charge on any atom is 0.259 e. The zero-order chi connectivity index (χ0) is 25.3. The number of nitrogens with one attached hydrogen (secondary N) is 3. The summed E-state index contributed by atoms with van der Waals surface area (Å²) in [6.07, 6.45) is 1.42. The Labute approximate surface area is 204 Å². The van der Waals surface area contributed by atoms with Gasteiger partial charge in [0.15, 0.2) is 0 Å². The van der Waals surface area contributed by atoms with Crippen LogP contribution in [-0.2, 0) is 0 Å². The van der Waals surface area contributed by atoms with Crippen molar-refractivity contribution in [2.45, 2.75) is 13.8 Å². The number of amidine groups is 1. The summed E-state index contributed by atoms with van der Waals surface area (Å²) in [5.41, 5.74) is 1.60. The third kappa shape index (κ3) is 6.79. The van der Waals surface area contributed by atoms with Crippen LogP contribution in [0.1, 0.15) is 40.1 Å². The second-order valence-corrected chi connectivity index (χ2v) is 7.44. The van der Waals surface area contributed by atoms with Crippen LogP contribution in [0.2, 0.25) is 5.02 Å². The predicted molar refractivity (Wildman–Crippen MR) is 136 cm³/mol. The monoisotopic (exact) mass is 481 g/mol. The quantitative estimate of drug-likeness (QED) is 0.333. The van der Waals surface area contributed by atoms with E-state index < -0.39 is 11.8 Å². The predicted octanol–water partition coefficient (Wildman–Crippen LogP) is 5.16. The normalized spacial score (nSPS) is 9.82. The number of aromatic nitrogens is 1. The molecule has 0 atom stereocenters. The minimum absolute atomic E-state index is 0.209. The molecule has 0 radical (unpaired) electrons. The van der Waals surface area contributed by atoms with Crippen LogP contribution in [0.5, 0.6) is 5.75 Å². The first-order valence-corrected chi connectivity index (χ1v) is 10.9. The lowest BCUT2D eigenvalue weighted by Crippen LogP contribution is -2.22. The van der Waals surface area contributed by atoms with Crippen LogP contribution < -0.4 is 15.4 Å². The number of halogens is 1. The molecule has 0 spiro atoms. The van der Waals surface area contributed by atoms with Gasteiger partial charge in [-0.15, -0.1) is 0 Å². The molecule has 0 aliphatic rings. The molecule has 0 saturated heterocycles. The number of rotatable bonds is 6. The molecule has 2 amide bonds. The molecule has 178 valence electrons. The van der Waals surface area contributed by atoms with Crippen LogP contribution in [0.4, 0.5) is 11.5 Å². The fraction of sp³-hybridized carbons (Fsp3) is 0.200. The molecule has 34 heavy (non-hydrogen) atoms. The SMILES string of the molecule is CC.COc1ccc(NC(=O)c2ccc(C(=N)N(C)C)cc2)c(C(=O)Nc2ccc(Cl)cn2)c1. The van der Waals surface area contributed by atoms with E-state index in [9.17, 15) is 9.59 Å². The van der Waals surface area contributed by atoms with Gasteiger partial charge in [-0.05, 0) is 42.5 Å². The maximum absolute atomic E-state index is 12.9. The van der Waals surface area contributed by atoms with E-state index >= 15 is 0 Å². The number of anilines is 2. The number of benzene rings is 2. The molecular weight excluding hydrogens is 454 g/mol. The van der Waals surface area contributed by atoms with Gasteiger partial charge < -0.3 is 20.3 Å². The Balaban J connectivity index is 0.00000199. The molecule has 0 aliphatic carbocycles. The number of nitrogens with zero attached hydrogens (tertiary/aromatic N) is 2. The van der Waals surface area contributed by atoms with E-state index in [0.717, 1.165) is 0 Å². The van der Waals surface area contributed by atoms with Crippen molar-refractivity contribution in [1.29, 1.82) is 5.41 Å². The highest BCUT2D eigenvalue weighted by Crippen LogP contribution is 2.24. The number of hydrogen-bond donors (Lipinski definition) is 3. The van der Waals surface area contributed by atoms with Gasteiger partial charge in [-0.3, -0.25) is 15.0 Å². The summed E-state index contributed by atoms with van der Waals surface area (Å²) in [6, 6.07) is 14.6. The zero-order valence-corrected chi connectivity index (χ0v) is 20.5. The number of methoxy groups -OCH3 is 1. The topological polar surface area (TPSA) is 107 Å². The zero-order valence-electron chi connectivity index (χ0n) is 19.8. The third-order valence-corrected chi connectivity index (χ3v) is 4.78. The van der Waals surface area contributed by atoms with Gasteiger partial charge in [-0.2, -0.15) is 0 Å². The van der Waals surface area contributed by atoms with E-state index in [4.69, 9.17) is 21.7 Å². The molecule has 9 heteroatoms. The molecule has 8 nitrogen and oxygen atoms in total. The van der Waals surface area contributed by atoms with Crippen molar-refractivity contribution in [3.63, 3.8) is 0 Å². The molecule has 1 heterocycles. The number of ether oxygens (including phenoxy) is 1. The average Bonchev–Trinajstić information content (AvgIpc) is 2.86. The molecule has 3 N–H and O–H groups in total. The van der Waals surface area contributed by atoms with E-state index in [1.807, 2.05) is 13.8 Å². The van der Waals surface area contributed by atoms with Crippen molar-refractivity contribution in [3.05, 3.63) is 82.5 Å². The summed E-state index contributed by atoms with van der Waals surface area (Å²) in [7, 11) is 5.04. The summed E-state index contributed by atoms with van der Waals surface area (Å²) in [5, 5.41) is 13.9. The third-order valence-electron chi connectivity index (χ3n) is 4.56. The van der Waals surface area contributed by atoms with Gasteiger partial charge in [-0.1, -0.05) is 37.6 Å². The fourth-order valence-corrected chi connectivity index (χ4v) is 2.92. The van der Waals surface area contributed by atoms with Crippen LogP contribution in [-0.4, -0.2) is 48.7 Å². The second-order valence-electron chi connectivity index (χ2n) is 7.00. The molecule has 0 bridgehead atoms. The highest BCUT2D eigenvalue weighted by molar-refractivity contribution is 6.30. The van der Waals surface area contributed by atoms with E-state index in [1.54, 1.807) is 67.5 Å². The summed E-state index contributed by atoms with van der Waals surface area (Å²) in [6.45, 7) is 4.00. The molecule has 0 aliphatic heterocycles. The smallest absolute Gasteiger partial charge is 0.259 e. The minimum atomic E-state index is -0.469. The Morgan fingerprint density at radius 2 is 1.59 bits per heavy atom. The van der Waals surface area contributed by atoms with Gasteiger partial charge in [0.2, 0.25) is 0 Å². The lowest BCUT2D eigenvalue weighted by atomic mass is 10.1. The first-order valence-electron chi connectivity index (χ1n) is 10.6. The van der Waals surface area contributed by atoms with Crippen LogP contribution in [0, 0.1) is 5.41 Å². The molecule has 3 aromatic rings. The van der Waals surface area contributed by atoms with Crippen molar-refractivity contribution in [2.75, 3.05) is 31.8 Å². The van der Waals surface area contributed by atoms with E-state index in [0.29, 0.717) is 39.2 Å². The highest BCUT2D eigenvalue weighted by atomic mass is 35.5. The number of hydrogen-bond acceptors (Lipinski definition) is 5. The highest BCUT2D eigenvalue weighted by Gasteiger charge is 2.17. The van der Waals surface area contributed by atoms with Crippen molar-refractivity contribution in [2.24, 2.45) is 0 Å². The number of amides is 2. The Morgan fingerprint density at radius 1 is 0.941 bits per heavy atom. The fourth-order valence-electron chi connectivity index (χ4n) is 2.81. The van der Waals surface area contributed by atoms with Gasteiger partial charge in [0, 0.05) is 31.4 Å². The van der Waals surface area contributed by atoms with Gasteiger partial charge in [0.1, 0.15) is 17.4 Å². The van der Waals surface area contributed by atoms with Gasteiger partial charge >= 0.3 is 0 Å². The largest absolute Gasteiger partial charge is 0.497 e. The number of pyridine rings is 1. The van der Waals surface area contributed by atoms with Crippen LogP contribution >= 0.6 is 11.6 Å². The molecular formula is C25H28ClN5O3. The second kappa shape index (κ2) is 12.4. The molecule has 3 rings (SSSR count). The van der Waals surface area contributed by atoms with E-state index in [-0.39, 0.29) is 5.56 Å². The summed E-state index contributed by atoms with van der Waals surface area (Å²) < 4.78 is 5.22. The number of carbonyl (C=O) groups is 2.